The van der Waals surface area contributed by atoms with E-state index in [0.717, 1.165) is 18.0 Å². The molecule has 1 aliphatic carbocycles. The standard InChI is InChI=1S/C11H17NO/c1-3-8(2)11(13)12-7-9-5-4-6-10(9)12/h3,9-10H,4-7H2,1-2H3/b8-3-. The molecule has 2 heteroatoms. The number of likely N-dealkylation sites (tertiary alicyclic amines) is 1. The van der Waals surface area contributed by atoms with Gasteiger partial charge >= 0.3 is 0 Å². The van der Waals surface area contributed by atoms with E-state index in [1.54, 1.807) is 0 Å². The van der Waals surface area contributed by atoms with Crippen molar-refractivity contribution in [2.24, 2.45) is 5.92 Å². The summed E-state index contributed by atoms with van der Waals surface area (Å²) in [5, 5.41) is 0. The van der Waals surface area contributed by atoms with Crippen molar-refractivity contribution in [1.82, 2.24) is 4.90 Å². The van der Waals surface area contributed by atoms with Crippen LogP contribution in [0.15, 0.2) is 11.6 Å². The Labute approximate surface area is 79.6 Å². The van der Waals surface area contributed by atoms with Gasteiger partial charge in [-0.05, 0) is 32.6 Å². The van der Waals surface area contributed by atoms with Gasteiger partial charge < -0.3 is 4.90 Å². The molecule has 2 unspecified atom stereocenters. The molecule has 1 saturated carbocycles. The lowest BCUT2D eigenvalue weighted by Crippen LogP contribution is -2.56. The lowest BCUT2D eigenvalue weighted by Gasteiger charge is -2.44. The second kappa shape index (κ2) is 3.17. The molecule has 1 saturated heterocycles. The second-order valence-electron chi connectivity index (χ2n) is 4.19. The fraction of sp³-hybridized carbons (Fsp3) is 0.727. The first kappa shape index (κ1) is 8.79. The summed E-state index contributed by atoms with van der Waals surface area (Å²) in [5.41, 5.74) is 0.894. The van der Waals surface area contributed by atoms with E-state index in [2.05, 4.69) is 0 Å². The number of hydrogen-bond donors (Lipinski definition) is 0. The molecule has 0 aromatic heterocycles. The zero-order valence-corrected chi connectivity index (χ0v) is 8.42. The summed E-state index contributed by atoms with van der Waals surface area (Å²) in [6.45, 7) is 4.85. The lowest BCUT2D eigenvalue weighted by atomic mass is 9.91. The third-order valence-corrected chi connectivity index (χ3v) is 3.48. The van der Waals surface area contributed by atoms with Gasteiger partial charge in [0.2, 0.25) is 5.91 Å². The maximum absolute atomic E-state index is 11.8. The number of amides is 1. The number of rotatable bonds is 1. The van der Waals surface area contributed by atoms with Gasteiger partial charge in [0, 0.05) is 18.2 Å². The van der Waals surface area contributed by atoms with Crippen LogP contribution in [0.2, 0.25) is 0 Å². The van der Waals surface area contributed by atoms with Gasteiger partial charge in [0.15, 0.2) is 0 Å². The summed E-state index contributed by atoms with van der Waals surface area (Å²) in [6.07, 6.45) is 5.79. The van der Waals surface area contributed by atoms with Crippen molar-refractivity contribution in [2.45, 2.75) is 39.2 Å². The Morgan fingerprint density at radius 1 is 1.46 bits per heavy atom. The molecule has 0 aromatic carbocycles. The number of nitrogens with zero attached hydrogens (tertiary/aromatic N) is 1. The highest BCUT2D eigenvalue weighted by Crippen LogP contribution is 2.39. The first-order valence-electron chi connectivity index (χ1n) is 5.18. The van der Waals surface area contributed by atoms with Crippen LogP contribution in [0.3, 0.4) is 0 Å². The minimum absolute atomic E-state index is 0.255. The van der Waals surface area contributed by atoms with Crippen molar-refractivity contribution in [2.75, 3.05) is 6.54 Å². The van der Waals surface area contributed by atoms with Gasteiger partial charge in [-0.15, -0.1) is 0 Å². The predicted molar refractivity (Wildman–Crippen MR) is 52.3 cm³/mol. The maximum Gasteiger partial charge on any atom is 0.249 e. The van der Waals surface area contributed by atoms with Gasteiger partial charge in [-0.2, -0.15) is 0 Å². The summed E-state index contributed by atoms with van der Waals surface area (Å²) >= 11 is 0. The van der Waals surface area contributed by atoms with Crippen LogP contribution in [0.25, 0.3) is 0 Å². The third kappa shape index (κ3) is 1.28. The smallest absolute Gasteiger partial charge is 0.249 e. The molecule has 0 bridgehead atoms. The molecular weight excluding hydrogens is 162 g/mol. The van der Waals surface area contributed by atoms with E-state index < -0.39 is 0 Å². The first-order valence-corrected chi connectivity index (χ1v) is 5.18. The number of carbonyl (C=O) groups is 1. The van der Waals surface area contributed by atoms with E-state index in [1.807, 2.05) is 24.8 Å². The normalized spacial score (nSPS) is 32.8. The summed E-state index contributed by atoms with van der Waals surface area (Å²) in [6, 6.07) is 0.586. The van der Waals surface area contributed by atoms with Crippen molar-refractivity contribution in [3.05, 3.63) is 11.6 Å². The van der Waals surface area contributed by atoms with E-state index in [4.69, 9.17) is 0 Å². The van der Waals surface area contributed by atoms with Crippen LogP contribution in [0, 0.1) is 5.92 Å². The van der Waals surface area contributed by atoms with Gasteiger partial charge in [0.05, 0.1) is 0 Å². The largest absolute Gasteiger partial charge is 0.335 e. The summed E-state index contributed by atoms with van der Waals surface area (Å²) in [4.78, 5) is 13.8. The molecule has 0 radical (unpaired) electrons. The van der Waals surface area contributed by atoms with E-state index in [0.29, 0.717) is 6.04 Å². The molecule has 1 amide bonds. The quantitative estimate of drug-likeness (QED) is 0.563. The van der Waals surface area contributed by atoms with E-state index in [1.165, 1.54) is 19.3 Å². The topological polar surface area (TPSA) is 20.3 Å². The van der Waals surface area contributed by atoms with E-state index >= 15 is 0 Å². The maximum atomic E-state index is 11.8. The minimum atomic E-state index is 0.255. The first-order chi connectivity index (χ1) is 6.24. The highest BCUT2D eigenvalue weighted by atomic mass is 16.2. The van der Waals surface area contributed by atoms with Crippen molar-refractivity contribution in [3.8, 4) is 0 Å². The van der Waals surface area contributed by atoms with Crippen LogP contribution in [0.4, 0.5) is 0 Å². The second-order valence-corrected chi connectivity index (χ2v) is 4.19. The van der Waals surface area contributed by atoms with Crippen molar-refractivity contribution in [1.29, 1.82) is 0 Å². The molecule has 1 heterocycles. The summed E-state index contributed by atoms with van der Waals surface area (Å²) in [7, 11) is 0. The number of carbonyl (C=O) groups excluding carboxylic acids is 1. The molecule has 2 rings (SSSR count). The van der Waals surface area contributed by atoms with Crippen molar-refractivity contribution in [3.63, 3.8) is 0 Å². The molecule has 2 fully saturated rings. The zero-order chi connectivity index (χ0) is 9.42. The Morgan fingerprint density at radius 2 is 2.23 bits per heavy atom. The Balaban J connectivity index is 2.00. The summed E-state index contributed by atoms with van der Waals surface area (Å²) < 4.78 is 0. The van der Waals surface area contributed by atoms with E-state index in [-0.39, 0.29) is 5.91 Å². The van der Waals surface area contributed by atoms with Crippen LogP contribution in [0.5, 0.6) is 0 Å². The lowest BCUT2D eigenvalue weighted by molar-refractivity contribution is -0.137. The number of fused-ring (bicyclic) bond motifs is 1. The van der Waals surface area contributed by atoms with Gasteiger partial charge in [-0.3, -0.25) is 4.79 Å². The Hall–Kier alpha value is -0.790. The molecule has 2 atom stereocenters. The summed E-state index contributed by atoms with van der Waals surface area (Å²) in [5.74, 6) is 1.08. The molecule has 0 N–H and O–H groups in total. The van der Waals surface area contributed by atoms with Crippen LogP contribution in [0.1, 0.15) is 33.1 Å². The number of hydrogen-bond acceptors (Lipinski definition) is 1. The molecule has 0 spiro atoms. The van der Waals surface area contributed by atoms with E-state index in [9.17, 15) is 4.79 Å². The van der Waals surface area contributed by atoms with Gasteiger partial charge in [-0.1, -0.05) is 12.5 Å². The monoisotopic (exact) mass is 179 g/mol. The van der Waals surface area contributed by atoms with Crippen LogP contribution >= 0.6 is 0 Å². The Morgan fingerprint density at radius 3 is 2.85 bits per heavy atom. The zero-order valence-electron chi connectivity index (χ0n) is 8.42. The molecule has 2 nitrogen and oxygen atoms in total. The number of allylic oxidation sites excluding steroid dienone is 1. The Bertz CT molecular complexity index is 257. The molecule has 72 valence electrons. The average molecular weight is 179 g/mol. The predicted octanol–water partition coefficient (Wildman–Crippen LogP) is 1.96. The Kier molecular flexibility index (Phi) is 2.14. The molecular formula is C11H17NO. The third-order valence-electron chi connectivity index (χ3n) is 3.48. The van der Waals surface area contributed by atoms with Crippen LogP contribution < -0.4 is 0 Å². The average Bonchev–Trinajstić information content (AvgIpc) is 2.46. The molecule has 13 heavy (non-hydrogen) atoms. The highest BCUT2D eigenvalue weighted by molar-refractivity contribution is 5.93. The van der Waals surface area contributed by atoms with Gasteiger partial charge in [0.1, 0.15) is 0 Å². The van der Waals surface area contributed by atoms with Crippen molar-refractivity contribution < 1.29 is 4.79 Å². The van der Waals surface area contributed by atoms with Crippen molar-refractivity contribution >= 4 is 5.91 Å². The minimum Gasteiger partial charge on any atom is -0.335 e. The highest BCUT2D eigenvalue weighted by Gasteiger charge is 2.44. The SMILES string of the molecule is C/C=C(/C)C(=O)N1CC2CCCC21. The van der Waals surface area contributed by atoms with Crippen LogP contribution in [-0.4, -0.2) is 23.4 Å². The fourth-order valence-electron chi connectivity index (χ4n) is 2.47. The van der Waals surface area contributed by atoms with Gasteiger partial charge in [-0.25, -0.2) is 0 Å². The fourth-order valence-corrected chi connectivity index (χ4v) is 2.47. The molecule has 0 aromatic rings. The molecule has 2 aliphatic rings. The van der Waals surface area contributed by atoms with Gasteiger partial charge in [0.25, 0.3) is 0 Å². The van der Waals surface area contributed by atoms with Crippen LogP contribution in [-0.2, 0) is 4.79 Å². The molecule has 1 aliphatic heterocycles.